The van der Waals surface area contributed by atoms with Gasteiger partial charge in [-0.05, 0) is 70.3 Å². The maximum Gasteiger partial charge on any atom is 0.279 e. The van der Waals surface area contributed by atoms with Crippen LogP contribution in [0.5, 0.6) is 5.75 Å². The molecular weight excluding hydrogens is 439 g/mol. The standard InChI is InChI=1S/C17H11IN2O3S/c18-12-8-10(6-7-13(12)21)9-14-16(23)20-17(24-14)19-15(22)11-4-2-1-3-5-11/h1-9,21H,(H,19,20,22,23)/b14-9-. The minimum absolute atomic E-state index is 0.192. The number of hydrogen-bond acceptors (Lipinski definition) is 4. The first-order valence-electron chi connectivity index (χ1n) is 6.90. The number of aromatic hydroxyl groups is 1. The summed E-state index contributed by atoms with van der Waals surface area (Å²) < 4.78 is 0.693. The van der Waals surface area contributed by atoms with Crippen LogP contribution in [-0.4, -0.2) is 22.1 Å². The molecule has 1 saturated heterocycles. The summed E-state index contributed by atoms with van der Waals surface area (Å²) in [5, 5.41) is 12.4. The van der Waals surface area contributed by atoms with Gasteiger partial charge in [-0.2, -0.15) is 4.99 Å². The van der Waals surface area contributed by atoms with Gasteiger partial charge in [-0.25, -0.2) is 0 Å². The lowest BCUT2D eigenvalue weighted by atomic mass is 10.2. The molecule has 0 atom stereocenters. The van der Waals surface area contributed by atoms with E-state index in [2.05, 4.69) is 10.3 Å². The van der Waals surface area contributed by atoms with Gasteiger partial charge in [0.1, 0.15) is 5.75 Å². The fraction of sp³-hybridized carbons (Fsp3) is 0. The molecule has 0 aliphatic carbocycles. The van der Waals surface area contributed by atoms with Crippen LogP contribution in [0, 0.1) is 3.57 Å². The number of aliphatic imine (C=N–C) groups is 1. The van der Waals surface area contributed by atoms with Crippen LogP contribution in [0.15, 0.2) is 58.4 Å². The summed E-state index contributed by atoms with van der Waals surface area (Å²) in [6.07, 6.45) is 1.69. The molecule has 0 saturated carbocycles. The highest BCUT2D eigenvalue weighted by Gasteiger charge is 2.24. The first-order chi connectivity index (χ1) is 11.5. The molecule has 3 rings (SSSR count). The van der Waals surface area contributed by atoms with Gasteiger partial charge in [0.05, 0.1) is 8.48 Å². The van der Waals surface area contributed by atoms with Crippen molar-refractivity contribution in [2.45, 2.75) is 0 Å². The first-order valence-corrected chi connectivity index (χ1v) is 8.80. The number of carbonyl (C=O) groups excluding carboxylic acids is 2. The molecule has 2 N–H and O–H groups in total. The molecule has 2 aromatic carbocycles. The summed E-state index contributed by atoms with van der Waals surface area (Å²) in [7, 11) is 0. The summed E-state index contributed by atoms with van der Waals surface area (Å²) in [6, 6.07) is 13.7. The minimum Gasteiger partial charge on any atom is -0.507 e. The van der Waals surface area contributed by atoms with Crippen LogP contribution in [0.1, 0.15) is 15.9 Å². The smallest absolute Gasteiger partial charge is 0.279 e. The summed E-state index contributed by atoms with van der Waals surface area (Å²) >= 11 is 3.12. The van der Waals surface area contributed by atoms with Gasteiger partial charge in [-0.1, -0.05) is 24.3 Å². The van der Waals surface area contributed by atoms with Crippen LogP contribution in [-0.2, 0) is 4.79 Å². The molecule has 120 valence electrons. The van der Waals surface area contributed by atoms with E-state index in [1.807, 2.05) is 28.7 Å². The zero-order valence-electron chi connectivity index (χ0n) is 12.2. The Bertz CT molecular complexity index is 879. The van der Waals surface area contributed by atoms with E-state index in [1.54, 1.807) is 48.5 Å². The number of amides is 2. The number of halogens is 1. The summed E-state index contributed by atoms with van der Waals surface area (Å²) in [5.74, 6) is -0.515. The molecular formula is C17H11IN2O3S. The lowest BCUT2D eigenvalue weighted by Gasteiger charge is -1.99. The zero-order valence-corrected chi connectivity index (χ0v) is 15.2. The summed E-state index contributed by atoms with van der Waals surface area (Å²) in [6.45, 7) is 0. The fourth-order valence-corrected chi connectivity index (χ4v) is 3.34. The lowest BCUT2D eigenvalue weighted by Crippen LogP contribution is -2.20. The molecule has 5 nitrogen and oxygen atoms in total. The Morgan fingerprint density at radius 1 is 1.21 bits per heavy atom. The van der Waals surface area contributed by atoms with E-state index in [0.29, 0.717) is 14.0 Å². The Morgan fingerprint density at radius 3 is 2.67 bits per heavy atom. The number of amidine groups is 1. The van der Waals surface area contributed by atoms with Crippen molar-refractivity contribution in [3.05, 3.63) is 68.1 Å². The molecule has 2 aromatic rings. The average molecular weight is 450 g/mol. The number of carbonyl (C=O) groups is 2. The van der Waals surface area contributed by atoms with Crippen molar-refractivity contribution < 1.29 is 14.7 Å². The molecule has 1 aliphatic rings. The van der Waals surface area contributed by atoms with E-state index >= 15 is 0 Å². The summed E-state index contributed by atoms with van der Waals surface area (Å²) in [4.78, 5) is 28.5. The third kappa shape index (κ3) is 3.85. The Balaban J connectivity index is 1.80. The SMILES string of the molecule is O=C1NC(=NC(=O)c2ccccc2)S/C1=C\c1ccc(O)c(I)c1. The molecule has 1 heterocycles. The molecule has 0 spiro atoms. The highest BCUT2D eigenvalue weighted by Crippen LogP contribution is 2.28. The van der Waals surface area contributed by atoms with Gasteiger partial charge < -0.3 is 10.4 Å². The van der Waals surface area contributed by atoms with E-state index in [-0.39, 0.29) is 16.8 Å². The van der Waals surface area contributed by atoms with Gasteiger partial charge in [0.15, 0.2) is 5.17 Å². The van der Waals surface area contributed by atoms with E-state index in [0.717, 1.165) is 17.3 Å². The van der Waals surface area contributed by atoms with Crippen molar-refractivity contribution in [2.75, 3.05) is 0 Å². The third-order valence-corrected chi connectivity index (χ3v) is 4.92. The highest BCUT2D eigenvalue weighted by molar-refractivity contribution is 14.1. The number of nitrogens with one attached hydrogen (secondary N) is 1. The van der Waals surface area contributed by atoms with Crippen molar-refractivity contribution in [2.24, 2.45) is 4.99 Å². The predicted molar refractivity (Wildman–Crippen MR) is 103 cm³/mol. The number of nitrogens with zero attached hydrogens (tertiary/aromatic N) is 1. The molecule has 0 bridgehead atoms. The maximum absolute atomic E-state index is 12.1. The minimum atomic E-state index is -0.404. The van der Waals surface area contributed by atoms with Crippen LogP contribution in [0.25, 0.3) is 6.08 Å². The number of rotatable bonds is 2. The molecule has 1 aliphatic heterocycles. The quantitative estimate of drug-likeness (QED) is 0.543. The number of phenols is 1. The van der Waals surface area contributed by atoms with Gasteiger partial charge >= 0.3 is 0 Å². The van der Waals surface area contributed by atoms with Crippen molar-refractivity contribution in [1.29, 1.82) is 0 Å². The number of hydrogen-bond donors (Lipinski definition) is 2. The van der Waals surface area contributed by atoms with E-state index in [1.165, 1.54) is 0 Å². The Hall–Kier alpha value is -2.13. The fourth-order valence-electron chi connectivity index (χ4n) is 1.98. The Labute approximate surface area is 156 Å². The van der Waals surface area contributed by atoms with E-state index < -0.39 is 5.91 Å². The van der Waals surface area contributed by atoms with Crippen molar-refractivity contribution in [3.63, 3.8) is 0 Å². The molecule has 2 amide bonds. The van der Waals surface area contributed by atoms with E-state index in [9.17, 15) is 14.7 Å². The normalized spacial score (nSPS) is 17.3. The highest BCUT2D eigenvalue weighted by atomic mass is 127. The third-order valence-electron chi connectivity index (χ3n) is 3.14. The lowest BCUT2D eigenvalue weighted by molar-refractivity contribution is -0.115. The Morgan fingerprint density at radius 2 is 1.96 bits per heavy atom. The van der Waals surface area contributed by atoms with Gasteiger partial charge in [-0.15, -0.1) is 0 Å². The second-order valence-corrected chi connectivity index (χ2v) is 7.06. The second kappa shape index (κ2) is 7.18. The molecule has 0 aromatic heterocycles. The van der Waals surface area contributed by atoms with Crippen LogP contribution < -0.4 is 5.32 Å². The van der Waals surface area contributed by atoms with Crippen molar-refractivity contribution >= 4 is 57.4 Å². The van der Waals surface area contributed by atoms with Gasteiger partial charge in [0, 0.05) is 5.56 Å². The van der Waals surface area contributed by atoms with Gasteiger partial charge in [-0.3, -0.25) is 9.59 Å². The molecule has 7 heteroatoms. The van der Waals surface area contributed by atoms with Gasteiger partial charge in [0.2, 0.25) is 0 Å². The molecule has 0 unspecified atom stereocenters. The predicted octanol–water partition coefficient (Wildman–Crippen LogP) is 3.40. The molecule has 1 fully saturated rings. The number of benzene rings is 2. The largest absolute Gasteiger partial charge is 0.507 e. The first kappa shape index (κ1) is 16.7. The van der Waals surface area contributed by atoms with E-state index in [4.69, 9.17) is 0 Å². The van der Waals surface area contributed by atoms with Crippen LogP contribution in [0.4, 0.5) is 0 Å². The van der Waals surface area contributed by atoms with Gasteiger partial charge in [0.25, 0.3) is 11.8 Å². The monoisotopic (exact) mass is 450 g/mol. The molecule has 24 heavy (non-hydrogen) atoms. The van der Waals surface area contributed by atoms with Crippen molar-refractivity contribution in [1.82, 2.24) is 5.32 Å². The Kier molecular flexibility index (Phi) is 5.00. The van der Waals surface area contributed by atoms with Crippen LogP contribution in [0.3, 0.4) is 0 Å². The second-order valence-electron chi connectivity index (χ2n) is 4.86. The zero-order chi connectivity index (χ0) is 17.1. The maximum atomic E-state index is 12.1. The average Bonchev–Trinajstić information content (AvgIpc) is 2.91. The number of phenolic OH excluding ortho intramolecular Hbond substituents is 1. The summed E-state index contributed by atoms with van der Waals surface area (Å²) in [5.41, 5.74) is 1.25. The van der Waals surface area contributed by atoms with Crippen LogP contribution >= 0.6 is 34.4 Å². The number of thioether (sulfide) groups is 1. The van der Waals surface area contributed by atoms with Crippen LogP contribution in [0.2, 0.25) is 0 Å². The topological polar surface area (TPSA) is 78.8 Å². The molecule has 0 radical (unpaired) electrons. The van der Waals surface area contributed by atoms with Crippen molar-refractivity contribution in [3.8, 4) is 5.75 Å².